The van der Waals surface area contributed by atoms with Crippen LogP contribution in [0.1, 0.15) is 18.9 Å². The second kappa shape index (κ2) is 4.42. The van der Waals surface area contributed by atoms with Crippen LogP contribution in [0.5, 0.6) is 0 Å². The monoisotopic (exact) mass is 241 g/mol. The summed E-state index contributed by atoms with van der Waals surface area (Å²) in [6.45, 7) is 3.84. The third-order valence-corrected chi connectivity index (χ3v) is 2.63. The van der Waals surface area contributed by atoms with Gasteiger partial charge in [0.2, 0.25) is 5.91 Å². The number of rotatable bonds is 2. The first kappa shape index (κ1) is 10.3. The van der Waals surface area contributed by atoms with Crippen molar-refractivity contribution in [2.45, 2.75) is 20.3 Å². The van der Waals surface area contributed by atoms with Crippen LogP contribution in [0.2, 0.25) is 0 Å². The van der Waals surface area contributed by atoms with E-state index < -0.39 is 0 Å². The van der Waals surface area contributed by atoms with Gasteiger partial charge < -0.3 is 5.32 Å². The Balaban J connectivity index is 2.79. The van der Waals surface area contributed by atoms with E-state index in [2.05, 4.69) is 21.2 Å². The molecule has 3 heteroatoms. The highest BCUT2D eigenvalue weighted by atomic mass is 79.9. The van der Waals surface area contributed by atoms with Gasteiger partial charge in [-0.25, -0.2) is 0 Å². The summed E-state index contributed by atoms with van der Waals surface area (Å²) in [5.74, 6) is 0.0377. The van der Waals surface area contributed by atoms with Gasteiger partial charge >= 0.3 is 0 Å². The maximum absolute atomic E-state index is 11.1. The van der Waals surface area contributed by atoms with Crippen molar-refractivity contribution in [2.24, 2.45) is 0 Å². The molecule has 0 aliphatic heterocycles. The molecule has 0 spiro atoms. The lowest BCUT2D eigenvalue weighted by Gasteiger charge is -2.05. The Labute approximate surface area is 86.5 Å². The number of carbonyl (C=O) groups excluding carboxylic acids is 1. The van der Waals surface area contributed by atoms with Crippen molar-refractivity contribution in [3.05, 3.63) is 28.2 Å². The Morgan fingerprint density at radius 1 is 1.54 bits per heavy atom. The second-order valence-corrected chi connectivity index (χ2v) is 3.72. The van der Waals surface area contributed by atoms with Crippen LogP contribution in [0.4, 0.5) is 5.69 Å². The summed E-state index contributed by atoms with van der Waals surface area (Å²) in [6.07, 6.45) is 0.505. The van der Waals surface area contributed by atoms with Crippen LogP contribution < -0.4 is 5.32 Å². The molecule has 0 fully saturated rings. The molecule has 1 N–H and O–H groups in total. The maximum atomic E-state index is 11.1. The van der Waals surface area contributed by atoms with Gasteiger partial charge in [0.1, 0.15) is 0 Å². The molecule has 13 heavy (non-hydrogen) atoms. The first-order chi connectivity index (χ1) is 6.13. The Morgan fingerprint density at radius 2 is 2.23 bits per heavy atom. The van der Waals surface area contributed by atoms with Gasteiger partial charge in [0, 0.05) is 16.6 Å². The van der Waals surface area contributed by atoms with E-state index in [4.69, 9.17) is 0 Å². The van der Waals surface area contributed by atoms with Crippen LogP contribution >= 0.6 is 15.9 Å². The highest BCUT2D eigenvalue weighted by Gasteiger charge is 2.00. The van der Waals surface area contributed by atoms with Crippen molar-refractivity contribution < 1.29 is 4.79 Å². The van der Waals surface area contributed by atoms with Crippen LogP contribution in [0.15, 0.2) is 22.7 Å². The molecule has 70 valence electrons. The van der Waals surface area contributed by atoms with E-state index in [-0.39, 0.29) is 5.91 Å². The number of carbonyl (C=O) groups is 1. The first-order valence-corrected chi connectivity index (χ1v) is 4.98. The van der Waals surface area contributed by atoms with Crippen molar-refractivity contribution in [3.63, 3.8) is 0 Å². The molecule has 1 aromatic carbocycles. The van der Waals surface area contributed by atoms with Gasteiger partial charge in [0.15, 0.2) is 0 Å². The van der Waals surface area contributed by atoms with Crippen LogP contribution in [-0.2, 0) is 4.79 Å². The van der Waals surface area contributed by atoms with Gasteiger partial charge in [-0.05, 0) is 24.6 Å². The molecular formula is C10H12BrNO. The minimum absolute atomic E-state index is 0.0377. The molecule has 1 rings (SSSR count). The zero-order valence-electron chi connectivity index (χ0n) is 7.73. The Bertz CT molecular complexity index is 323. The summed E-state index contributed by atoms with van der Waals surface area (Å²) in [4.78, 5) is 11.1. The zero-order chi connectivity index (χ0) is 9.84. The Hall–Kier alpha value is -0.830. The third-order valence-electron chi connectivity index (χ3n) is 1.78. The van der Waals surface area contributed by atoms with E-state index in [1.54, 1.807) is 0 Å². The number of hydrogen-bond donors (Lipinski definition) is 1. The Kier molecular flexibility index (Phi) is 3.48. The van der Waals surface area contributed by atoms with Crippen molar-refractivity contribution in [2.75, 3.05) is 5.32 Å². The van der Waals surface area contributed by atoms with Crippen molar-refractivity contribution in [3.8, 4) is 0 Å². The summed E-state index contributed by atoms with van der Waals surface area (Å²) in [7, 11) is 0. The third kappa shape index (κ3) is 2.84. The summed E-state index contributed by atoms with van der Waals surface area (Å²) in [5.41, 5.74) is 2.00. The second-order valence-electron chi connectivity index (χ2n) is 2.87. The molecule has 0 unspecified atom stereocenters. The maximum Gasteiger partial charge on any atom is 0.224 e. The van der Waals surface area contributed by atoms with Gasteiger partial charge in [0.25, 0.3) is 0 Å². The van der Waals surface area contributed by atoms with Gasteiger partial charge in [-0.15, -0.1) is 0 Å². The SMILES string of the molecule is CCC(=O)Nc1ccc(C)c(Br)c1. The molecule has 0 atom stereocenters. The summed E-state index contributed by atoms with van der Waals surface area (Å²) in [5, 5.41) is 2.79. The average molecular weight is 242 g/mol. The minimum Gasteiger partial charge on any atom is -0.326 e. The highest BCUT2D eigenvalue weighted by molar-refractivity contribution is 9.10. The zero-order valence-corrected chi connectivity index (χ0v) is 9.31. The van der Waals surface area contributed by atoms with Crippen molar-refractivity contribution in [1.29, 1.82) is 0 Å². The van der Waals surface area contributed by atoms with Gasteiger partial charge in [-0.1, -0.05) is 28.9 Å². The number of anilines is 1. The first-order valence-electron chi connectivity index (χ1n) is 4.19. The standard InChI is InChI=1S/C10H12BrNO/c1-3-10(13)12-8-5-4-7(2)9(11)6-8/h4-6H,3H2,1-2H3,(H,12,13). The summed E-state index contributed by atoms with van der Waals surface area (Å²) < 4.78 is 1.02. The number of benzene rings is 1. The fraction of sp³-hybridized carbons (Fsp3) is 0.300. The van der Waals surface area contributed by atoms with E-state index in [1.165, 1.54) is 0 Å². The molecule has 0 bridgehead atoms. The number of amides is 1. The molecule has 1 aromatic rings. The van der Waals surface area contributed by atoms with Crippen LogP contribution in [0.3, 0.4) is 0 Å². The summed E-state index contributed by atoms with van der Waals surface area (Å²) in [6, 6.07) is 5.77. The number of nitrogens with one attached hydrogen (secondary N) is 1. The number of hydrogen-bond acceptors (Lipinski definition) is 1. The fourth-order valence-electron chi connectivity index (χ4n) is 0.920. The molecule has 1 amide bonds. The lowest BCUT2D eigenvalue weighted by molar-refractivity contribution is -0.115. The molecule has 0 aliphatic rings. The number of halogens is 1. The predicted octanol–water partition coefficient (Wildman–Crippen LogP) is 3.11. The van der Waals surface area contributed by atoms with Crippen LogP contribution in [0.25, 0.3) is 0 Å². The Morgan fingerprint density at radius 3 is 2.77 bits per heavy atom. The van der Waals surface area contributed by atoms with Gasteiger partial charge in [-0.2, -0.15) is 0 Å². The van der Waals surface area contributed by atoms with Crippen LogP contribution in [-0.4, -0.2) is 5.91 Å². The quantitative estimate of drug-likeness (QED) is 0.848. The highest BCUT2D eigenvalue weighted by Crippen LogP contribution is 2.20. The fourth-order valence-corrected chi connectivity index (χ4v) is 1.30. The van der Waals surface area contributed by atoms with Crippen LogP contribution in [0, 0.1) is 6.92 Å². The number of aryl methyl sites for hydroxylation is 1. The van der Waals surface area contributed by atoms with Gasteiger partial charge in [-0.3, -0.25) is 4.79 Å². The van der Waals surface area contributed by atoms with E-state index in [1.807, 2.05) is 32.0 Å². The van der Waals surface area contributed by atoms with Gasteiger partial charge in [0.05, 0.1) is 0 Å². The van der Waals surface area contributed by atoms with E-state index in [0.29, 0.717) is 6.42 Å². The normalized spacial score (nSPS) is 9.77. The molecule has 0 aromatic heterocycles. The van der Waals surface area contributed by atoms with Crippen molar-refractivity contribution in [1.82, 2.24) is 0 Å². The predicted molar refractivity (Wildman–Crippen MR) is 57.8 cm³/mol. The smallest absolute Gasteiger partial charge is 0.224 e. The average Bonchev–Trinajstić information content (AvgIpc) is 2.11. The molecule has 0 saturated carbocycles. The lowest BCUT2D eigenvalue weighted by Crippen LogP contribution is -2.09. The van der Waals surface area contributed by atoms with Crippen molar-refractivity contribution >= 4 is 27.5 Å². The molecule has 0 saturated heterocycles. The lowest BCUT2D eigenvalue weighted by atomic mass is 10.2. The topological polar surface area (TPSA) is 29.1 Å². The minimum atomic E-state index is 0.0377. The molecule has 0 aliphatic carbocycles. The molecule has 0 heterocycles. The molecular weight excluding hydrogens is 230 g/mol. The molecule has 0 radical (unpaired) electrons. The largest absolute Gasteiger partial charge is 0.326 e. The van der Waals surface area contributed by atoms with E-state index in [9.17, 15) is 4.79 Å². The summed E-state index contributed by atoms with van der Waals surface area (Å²) >= 11 is 3.41. The van der Waals surface area contributed by atoms with E-state index in [0.717, 1.165) is 15.7 Å². The molecule has 2 nitrogen and oxygen atoms in total. The van der Waals surface area contributed by atoms with E-state index >= 15 is 0 Å².